The summed E-state index contributed by atoms with van der Waals surface area (Å²) in [5.41, 5.74) is 1.99. The molecule has 14 heavy (non-hydrogen) atoms. The fourth-order valence-corrected chi connectivity index (χ4v) is 1.37. The number of hydrogen-bond donors (Lipinski definition) is 1. The second kappa shape index (κ2) is 2.80. The van der Waals surface area contributed by atoms with E-state index in [9.17, 15) is 4.79 Å². The van der Waals surface area contributed by atoms with Crippen LogP contribution in [0.25, 0.3) is 5.65 Å². The fraction of sp³-hybridized carbons (Fsp3) is 0.222. The molecule has 2 aromatic heterocycles. The van der Waals surface area contributed by atoms with Gasteiger partial charge >= 0.3 is 5.97 Å². The first kappa shape index (κ1) is 8.68. The molecule has 5 nitrogen and oxygen atoms in total. The van der Waals surface area contributed by atoms with E-state index in [4.69, 9.17) is 5.11 Å². The normalized spacial score (nSPS) is 10.7. The number of carboxylic acid groups (broad SMARTS) is 1. The molecule has 0 saturated carbocycles. The van der Waals surface area contributed by atoms with Crippen LogP contribution in [0.4, 0.5) is 0 Å². The smallest absolute Gasteiger partial charge is 0.339 e. The number of aromatic carboxylic acids is 1. The van der Waals surface area contributed by atoms with Gasteiger partial charge in [-0.2, -0.15) is 5.10 Å². The van der Waals surface area contributed by atoms with Crippen LogP contribution in [0.2, 0.25) is 0 Å². The predicted molar refractivity (Wildman–Crippen MR) is 49.4 cm³/mol. The minimum absolute atomic E-state index is 0.186. The van der Waals surface area contributed by atoms with Crippen molar-refractivity contribution in [2.75, 3.05) is 0 Å². The van der Waals surface area contributed by atoms with E-state index in [1.54, 1.807) is 20.0 Å². The minimum atomic E-state index is -0.980. The Morgan fingerprint density at radius 2 is 2.14 bits per heavy atom. The Morgan fingerprint density at radius 1 is 1.43 bits per heavy atom. The molecule has 72 valence electrons. The molecule has 5 heteroatoms. The summed E-state index contributed by atoms with van der Waals surface area (Å²) in [5.74, 6) is -0.980. The molecule has 0 bridgehead atoms. The molecule has 1 N–H and O–H groups in total. The highest BCUT2D eigenvalue weighted by molar-refractivity contribution is 5.94. The van der Waals surface area contributed by atoms with Crippen molar-refractivity contribution >= 4 is 11.6 Å². The zero-order valence-corrected chi connectivity index (χ0v) is 7.85. The Hall–Kier alpha value is -1.91. The summed E-state index contributed by atoms with van der Waals surface area (Å²) in [6.45, 7) is 3.55. The maximum absolute atomic E-state index is 10.9. The van der Waals surface area contributed by atoms with Crippen LogP contribution in [0.5, 0.6) is 0 Å². The van der Waals surface area contributed by atoms with Gasteiger partial charge in [0.05, 0.1) is 17.6 Å². The van der Waals surface area contributed by atoms with Gasteiger partial charge in [-0.15, -0.1) is 0 Å². The lowest BCUT2D eigenvalue weighted by Crippen LogP contribution is -2.04. The van der Waals surface area contributed by atoms with Gasteiger partial charge in [-0.05, 0) is 19.9 Å². The van der Waals surface area contributed by atoms with E-state index in [0.717, 1.165) is 5.69 Å². The van der Waals surface area contributed by atoms with Crippen molar-refractivity contribution in [2.24, 2.45) is 0 Å². The first-order valence-corrected chi connectivity index (χ1v) is 4.15. The maximum atomic E-state index is 10.9. The highest BCUT2D eigenvalue weighted by Crippen LogP contribution is 2.10. The molecule has 0 aliphatic carbocycles. The zero-order valence-electron chi connectivity index (χ0n) is 7.85. The van der Waals surface area contributed by atoms with Gasteiger partial charge in [0.2, 0.25) is 0 Å². The summed E-state index contributed by atoms with van der Waals surface area (Å²) < 4.78 is 1.49. The SMILES string of the molecule is Cc1cn2nc(C)cc(C(=O)O)c2n1. The second-order valence-corrected chi connectivity index (χ2v) is 3.16. The van der Waals surface area contributed by atoms with Gasteiger partial charge < -0.3 is 5.11 Å². The Morgan fingerprint density at radius 3 is 2.79 bits per heavy atom. The van der Waals surface area contributed by atoms with E-state index in [1.165, 1.54) is 10.6 Å². The lowest BCUT2D eigenvalue weighted by Gasteiger charge is -1.99. The van der Waals surface area contributed by atoms with E-state index in [0.29, 0.717) is 11.3 Å². The third-order valence-corrected chi connectivity index (χ3v) is 1.90. The first-order chi connectivity index (χ1) is 6.58. The summed E-state index contributed by atoms with van der Waals surface area (Å²) in [7, 11) is 0. The molecule has 0 amide bonds. The average Bonchev–Trinajstić information content (AvgIpc) is 2.42. The zero-order chi connectivity index (χ0) is 10.3. The van der Waals surface area contributed by atoms with Gasteiger partial charge in [0.25, 0.3) is 0 Å². The molecule has 0 fully saturated rings. The van der Waals surface area contributed by atoms with Crippen LogP contribution < -0.4 is 0 Å². The Balaban J connectivity index is 2.85. The average molecular weight is 191 g/mol. The molecular formula is C9H9N3O2. The monoisotopic (exact) mass is 191 g/mol. The summed E-state index contributed by atoms with van der Waals surface area (Å²) in [6.07, 6.45) is 1.70. The van der Waals surface area contributed by atoms with Crippen molar-refractivity contribution in [3.63, 3.8) is 0 Å². The maximum Gasteiger partial charge on any atom is 0.339 e. The van der Waals surface area contributed by atoms with Gasteiger partial charge in [-0.25, -0.2) is 14.3 Å². The molecule has 0 saturated heterocycles. The molecule has 0 aromatic carbocycles. The van der Waals surface area contributed by atoms with Crippen molar-refractivity contribution in [2.45, 2.75) is 13.8 Å². The molecule has 0 spiro atoms. The number of carboxylic acids is 1. The topological polar surface area (TPSA) is 67.5 Å². The van der Waals surface area contributed by atoms with Crippen LogP contribution in [0.15, 0.2) is 12.3 Å². The highest BCUT2D eigenvalue weighted by Gasteiger charge is 2.12. The van der Waals surface area contributed by atoms with E-state index in [2.05, 4.69) is 10.1 Å². The van der Waals surface area contributed by atoms with Gasteiger partial charge in [-0.1, -0.05) is 0 Å². The lowest BCUT2D eigenvalue weighted by molar-refractivity contribution is 0.0698. The largest absolute Gasteiger partial charge is 0.478 e. The van der Waals surface area contributed by atoms with E-state index in [-0.39, 0.29) is 5.56 Å². The highest BCUT2D eigenvalue weighted by atomic mass is 16.4. The van der Waals surface area contributed by atoms with Gasteiger partial charge in [-0.3, -0.25) is 0 Å². The molecule has 2 rings (SSSR count). The van der Waals surface area contributed by atoms with Crippen molar-refractivity contribution in [1.29, 1.82) is 0 Å². The van der Waals surface area contributed by atoms with Crippen LogP contribution in [0.1, 0.15) is 21.7 Å². The van der Waals surface area contributed by atoms with Gasteiger partial charge in [0.1, 0.15) is 5.56 Å². The van der Waals surface area contributed by atoms with Crippen LogP contribution in [0.3, 0.4) is 0 Å². The van der Waals surface area contributed by atoms with E-state index >= 15 is 0 Å². The van der Waals surface area contributed by atoms with Crippen molar-refractivity contribution in [3.05, 3.63) is 29.2 Å². The number of carbonyl (C=O) groups is 1. The molecule has 0 unspecified atom stereocenters. The van der Waals surface area contributed by atoms with Crippen LogP contribution >= 0.6 is 0 Å². The number of imidazole rings is 1. The molecular weight excluding hydrogens is 182 g/mol. The number of aryl methyl sites for hydroxylation is 2. The van der Waals surface area contributed by atoms with Crippen LogP contribution in [-0.4, -0.2) is 25.7 Å². The Labute approximate surface area is 80.0 Å². The number of rotatable bonds is 1. The van der Waals surface area contributed by atoms with Gasteiger partial charge in [0.15, 0.2) is 5.65 Å². The van der Waals surface area contributed by atoms with E-state index < -0.39 is 5.97 Å². The summed E-state index contributed by atoms with van der Waals surface area (Å²) >= 11 is 0. The van der Waals surface area contributed by atoms with Crippen molar-refractivity contribution in [1.82, 2.24) is 14.6 Å². The first-order valence-electron chi connectivity index (χ1n) is 4.15. The molecule has 0 radical (unpaired) electrons. The third kappa shape index (κ3) is 1.22. The standard InChI is InChI=1S/C9H9N3O2/c1-5-3-7(9(13)14)8-10-6(2)4-12(8)11-5/h3-4H,1-2H3,(H,13,14). The molecule has 2 aromatic rings. The Kier molecular flexibility index (Phi) is 1.73. The quantitative estimate of drug-likeness (QED) is 0.731. The fourth-order valence-electron chi connectivity index (χ4n) is 1.37. The van der Waals surface area contributed by atoms with Gasteiger partial charge in [0, 0.05) is 0 Å². The number of nitrogens with zero attached hydrogens (tertiary/aromatic N) is 3. The third-order valence-electron chi connectivity index (χ3n) is 1.90. The molecule has 0 aliphatic rings. The Bertz CT molecular complexity index is 516. The minimum Gasteiger partial charge on any atom is -0.478 e. The molecule has 0 aliphatic heterocycles. The summed E-state index contributed by atoms with van der Waals surface area (Å²) in [5, 5.41) is 13.1. The number of aromatic nitrogens is 3. The second-order valence-electron chi connectivity index (χ2n) is 3.16. The summed E-state index contributed by atoms with van der Waals surface area (Å²) in [6, 6.07) is 1.52. The summed E-state index contributed by atoms with van der Waals surface area (Å²) in [4.78, 5) is 15.0. The van der Waals surface area contributed by atoms with Crippen LogP contribution in [-0.2, 0) is 0 Å². The lowest BCUT2D eigenvalue weighted by atomic mass is 10.2. The van der Waals surface area contributed by atoms with E-state index in [1.807, 2.05) is 0 Å². The molecule has 0 atom stereocenters. The number of fused-ring (bicyclic) bond motifs is 1. The predicted octanol–water partition coefficient (Wildman–Crippen LogP) is 1.04. The van der Waals surface area contributed by atoms with Crippen molar-refractivity contribution < 1.29 is 9.90 Å². The van der Waals surface area contributed by atoms with Crippen LogP contribution in [0, 0.1) is 13.8 Å². The molecule has 2 heterocycles. The number of hydrogen-bond acceptors (Lipinski definition) is 3. The van der Waals surface area contributed by atoms with Crippen molar-refractivity contribution in [3.8, 4) is 0 Å².